The highest BCUT2D eigenvalue weighted by molar-refractivity contribution is 6.41. The summed E-state index contributed by atoms with van der Waals surface area (Å²) in [7, 11) is 0. The maximum atomic E-state index is 14.5. The Hall–Kier alpha value is -5.97. The summed E-state index contributed by atoms with van der Waals surface area (Å²) in [6.07, 6.45) is 1.65. The molecule has 0 radical (unpaired) electrons. The number of pyridine rings is 1. The van der Waals surface area contributed by atoms with Crippen LogP contribution in [0.4, 0.5) is 23.2 Å². The van der Waals surface area contributed by atoms with Gasteiger partial charge in [-0.25, -0.2) is 17.6 Å². The number of ketones is 1. The maximum absolute atomic E-state index is 14.5. The van der Waals surface area contributed by atoms with Crippen molar-refractivity contribution >= 4 is 23.1 Å². The molecule has 1 aliphatic heterocycles. The standard InChI is InChI=1S/C39H31F4N3O4/c40-30-8-4-5-25(20-30)23-46-24-26(19-29-11-14-33(41)37(43)36(29)42)21-32(38(46)49)34(47)22-35(48)39(50)45-17-15-44(16-18-45)31-12-9-28(10-13-31)27-6-2-1-3-7-27/h1-14,20-22,24,47H,15-19,23H2. The molecule has 0 saturated carbocycles. The first-order chi connectivity index (χ1) is 24.1. The number of carbonyl (C=O) groups excluding carboxylic acids is 2. The molecule has 1 amide bonds. The van der Waals surface area contributed by atoms with E-state index in [1.165, 1.54) is 35.4 Å². The van der Waals surface area contributed by atoms with Gasteiger partial charge in [0, 0.05) is 50.6 Å². The number of benzene rings is 4. The average Bonchev–Trinajstić information content (AvgIpc) is 3.13. The molecule has 5 aromatic rings. The lowest BCUT2D eigenvalue weighted by Gasteiger charge is -2.35. The summed E-state index contributed by atoms with van der Waals surface area (Å²) in [5.41, 5.74) is 2.30. The number of halogens is 4. The predicted octanol–water partition coefficient (Wildman–Crippen LogP) is 6.53. The normalized spacial score (nSPS) is 13.4. The predicted molar refractivity (Wildman–Crippen MR) is 182 cm³/mol. The first-order valence-electron chi connectivity index (χ1n) is 15.8. The van der Waals surface area contributed by atoms with Crippen LogP contribution < -0.4 is 10.5 Å². The Balaban J connectivity index is 1.19. The summed E-state index contributed by atoms with van der Waals surface area (Å²) in [5, 5.41) is 11.0. The van der Waals surface area contributed by atoms with E-state index in [-0.39, 0.29) is 37.2 Å². The number of aliphatic hydroxyl groups excluding tert-OH is 1. The second-order valence-electron chi connectivity index (χ2n) is 11.9. The quantitative estimate of drug-likeness (QED) is 0.0630. The van der Waals surface area contributed by atoms with E-state index >= 15 is 0 Å². The number of carbonyl (C=O) groups is 2. The zero-order valence-corrected chi connectivity index (χ0v) is 26.7. The number of anilines is 1. The van der Waals surface area contributed by atoms with Crippen molar-refractivity contribution in [3.8, 4) is 11.1 Å². The van der Waals surface area contributed by atoms with Crippen LogP contribution in [-0.2, 0) is 22.6 Å². The average molecular weight is 682 g/mol. The third-order valence-electron chi connectivity index (χ3n) is 8.56. The van der Waals surface area contributed by atoms with Gasteiger partial charge in [0.25, 0.3) is 11.5 Å². The third-order valence-corrected chi connectivity index (χ3v) is 8.56. The molecule has 50 heavy (non-hydrogen) atoms. The molecule has 1 aromatic heterocycles. The second-order valence-corrected chi connectivity index (χ2v) is 11.9. The lowest BCUT2D eigenvalue weighted by molar-refractivity contribution is -0.142. The van der Waals surface area contributed by atoms with Crippen LogP contribution in [0, 0.1) is 23.3 Å². The van der Waals surface area contributed by atoms with Crippen LogP contribution in [0.5, 0.6) is 0 Å². The van der Waals surface area contributed by atoms with Crippen LogP contribution in [-0.4, -0.2) is 52.4 Å². The van der Waals surface area contributed by atoms with Crippen LogP contribution in [0.2, 0.25) is 0 Å². The van der Waals surface area contributed by atoms with Crippen LogP contribution in [0.1, 0.15) is 22.3 Å². The molecule has 1 aliphatic rings. The van der Waals surface area contributed by atoms with E-state index in [9.17, 15) is 37.1 Å². The fourth-order valence-electron chi connectivity index (χ4n) is 5.93. The summed E-state index contributed by atoms with van der Waals surface area (Å²) >= 11 is 0. The van der Waals surface area contributed by atoms with Gasteiger partial charge in [-0.15, -0.1) is 0 Å². The molecule has 1 saturated heterocycles. The molecule has 11 heteroatoms. The van der Waals surface area contributed by atoms with Crippen LogP contribution in [0.15, 0.2) is 114 Å². The minimum atomic E-state index is -1.66. The molecule has 0 spiro atoms. The van der Waals surface area contributed by atoms with Crippen molar-refractivity contribution in [3.63, 3.8) is 0 Å². The largest absolute Gasteiger partial charge is 0.507 e. The monoisotopic (exact) mass is 681 g/mol. The van der Waals surface area contributed by atoms with Crippen molar-refractivity contribution in [2.45, 2.75) is 13.0 Å². The molecule has 7 nitrogen and oxygen atoms in total. The number of aliphatic hydroxyl groups is 1. The third kappa shape index (κ3) is 7.52. The molecule has 0 aliphatic carbocycles. The number of nitrogens with zero attached hydrogens (tertiary/aromatic N) is 3. The van der Waals surface area contributed by atoms with E-state index < -0.39 is 51.8 Å². The number of amides is 1. The van der Waals surface area contributed by atoms with E-state index in [2.05, 4.69) is 4.90 Å². The second kappa shape index (κ2) is 14.7. The molecule has 6 rings (SSSR count). The minimum absolute atomic E-state index is 0.170. The molecule has 254 valence electrons. The summed E-state index contributed by atoms with van der Waals surface area (Å²) < 4.78 is 57.1. The van der Waals surface area contributed by atoms with Gasteiger partial charge >= 0.3 is 0 Å². The van der Waals surface area contributed by atoms with Crippen molar-refractivity contribution in [1.82, 2.24) is 9.47 Å². The SMILES string of the molecule is O=C(C=C(O)c1cc(Cc2ccc(F)c(F)c2F)cn(Cc2cccc(F)c2)c1=O)C(=O)N1CCN(c2ccc(-c3ccccc3)cc2)CC1. The molecule has 0 unspecified atom stereocenters. The number of rotatable bonds is 9. The van der Waals surface area contributed by atoms with Gasteiger partial charge in [0.15, 0.2) is 17.5 Å². The van der Waals surface area contributed by atoms with E-state index in [0.29, 0.717) is 24.7 Å². The Morgan fingerprint density at radius 3 is 2.14 bits per heavy atom. The van der Waals surface area contributed by atoms with Gasteiger partial charge < -0.3 is 19.5 Å². The number of hydrogen-bond donors (Lipinski definition) is 1. The summed E-state index contributed by atoms with van der Waals surface area (Å²) in [5.74, 6) is -7.74. The van der Waals surface area contributed by atoms with Crippen LogP contribution in [0.25, 0.3) is 16.9 Å². The Labute approximate surface area is 285 Å². The summed E-state index contributed by atoms with van der Waals surface area (Å²) in [6.45, 7) is 1.25. The first-order valence-corrected chi connectivity index (χ1v) is 15.8. The first kappa shape index (κ1) is 33.9. The van der Waals surface area contributed by atoms with Crippen molar-refractivity contribution in [2.75, 3.05) is 31.1 Å². The molecule has 2 heterocycles. The number of aromatic nitrogens is 1. The maximum Gasteiger partial charge on any atom is 0.294 e. The molecule has 0 bridgehead atoms. The lowest BCUT2D eigenvalue weighted by atomic mass is 10.0. The summed E-state index contributed by atoms with van der Waals surface area (Å²) in [4.78, 5) is 43.1. The van der Waals surface area contributed by atoms with Gasteiger partial charge in [0.1, 0.15) is 11.6 Å². The highest BCUT2D eigenvalue weighted by atomic mass is 19.2. The van der Waals surface area contributed by atoms with Crippen molar-refractivity contribution in [1.29, 1.82) is 0 Å². The van der Waals surface area contributed by atoms with Crippen LogP contribution >= 0.6 is 0 Å². The highest BCUT2D eigenvalue weighted by Gasteiger charge is 2.26. The fraction of sp³-hybridized carbons (Fsp3) is 0.154. The molecular weight excluding hydrogens is 650 g/mol. The Morgan fingerprint density at radius 1 is 0.740 bits per heavy atom. The number of piperazine rings is 1. The van der Waals surface area contributed by atoms with E-state index in [1.54, 1.807) is 6.07 Å². The smallest absolute Gasteiger partial charge is 0.294 e. The molecule has 1 N–H and O–H groups in total. The lowest BCUT2D eigenvalue weighted by Crippen LogP contribution is -2.50. The van der Waals surface area contributed by atoms with Gasteiger partial charge in [0.05, 0.1) is 12.1 Å². The van der Waals surface area contributed by atoms with Crippen molar-refractivity contribution in [2.24, 2.45) is 0 Å². The van der Waals surface area contributed by atoms with Gasteiger partial charge in [-0.05, 0) is 64.2 Å². The fourth-order valence-corrected chi connectivity index (χ4v) is 5.93. The molecule has 4 aromatic carbocycles. The van der Waals surface area contributed by atoms with E-state index in [4.69, 9.17) is 0 Å². The van der Waals surface area contributed by atoms with E-state index in [1.807, 2.05) is 54.6 Å². The Morgan fingerprint density at radius 2 is 1.44 bits per heavy atom. The van der Waals surface area contributed by atoms with E-state index in [0.717, 1.165) is 33.5 Å². The van der Waals surface area contributed by atoms with Gasteiger partial charge in [0.2, 0.25) is 5.78 Å². The van der Waals surface area contributed by atoms with Crippen LogP contribution in [0.3, 0.4) is 0 Å². The van der Waals surface area contributed by atoms with Gasteiger partial charge in [-0.1, -0.05) is 60.7 Å². The zero-order chi connectivity index (χ0) is 35.4. The molecule has 1 fully saturated rings. The minimum Gasteiger partial charge on any atom is -0.507 e. The Bertz CT molecular complexity index is 2140. The zero-order valence-electron chi connectivity index (χ0n) is 26.7. The summed E-state index contributed by atoms with van der Waals surface area (Å²) in [6, 6.07) is 26.4. The topological polar surface area (TPSA) is 82.8 Å². The number of hydrogen-bond acceptors (Lipinski definition) is 5. The Kier molecular flexibility index (Phi) is 9.94. The molecule has 0 atom stereocenters. The van der Waals surface area contributed by atoms with Crippen molar-refractivity contribution < 1.29 is 32.3 Å². The van der Waals surface area contributed by atoms with Gasteiger partial charge in [-0.2, -0.15) is 0 Å². The highest BCUT2D eigenvalue weighted by Crippen LogP contribution is 2.24. The molecular formula is C39H31F4N3O4. The van der Waals surface area contributed by atoms with Crippen molar-refractivity contribution in [3.05, 3.63) is 165 Å². The van der Waals surface area contributed by atoms with Gasteiger partial charge in [-0.3, -0.25) is 14.4 Å².